The van der Waals surface area contributed by atoms with Gasteiger partial charge in [-0.25, -0.2) is 4.39 Å². The second-order valence-corrected chi connectivity index (χ2v) is 8.12. The summed E-state index contributed by atoms with van der Waals surface area (Å²) >= 11 is 1.44. The smallest absolute Gasteiger partial charge is 0.233 e. The Bertz CT molecular complexity index is 621. The molecule has 1 heterocycles. The lowest BCUT2D eigenvalue weighted by Gasteiger charge is -2.31. The third kappa shape index (κ3) is 4.97. The first-order valence-electron chi connectivity index (χ1n) is 8.76. The molecule has 0 saturated carbocycles. The first kappa shape index (κ1) is 19.8. The van der Waals surface area contributed by atoms with Crippen molar-refractivity contribution in [2.75, 3.05) is 18.8 Å². The Kier molecular flexibility index (Phi) is 6.87. The summed E-state index contributed by atoms with van der Waals surface area (Å²) in [5.41, 5.74) is 0.531. The quantitative estimate of drug-likeness (QED) is 0.739. The lowest BCUT2D eigenvalue weighted by molar-refractivity contribution is -0.136. The predicted molar refractivity (Wildman–Crippen MR) is 99.6 cm³/mol. The van der Waals surface area contributed by atoms with Gasteiger partial charge in [0.25, 0.3) is 0 Å². The standard InChI is InChI=1S/C19H27FN2O2S/c1-13(2)11-17(23)21(14(3)4)9-10-22-18(24)12-25-19(22)15-7-5-6-8-16(15)20/h5-8,13-14,19H,9-12H2,1-4H3/t19-/m0/s1. The minimum atomic E-state index is -0.317. The van der Waals surface area contributed by atoms with Crippen molar-refractivity contribution in [3.63, 3.8) is 0 Å². The number of carbonyl (C=O) groups is 2. The van der Waals surface area contributed by atoms with E-state index in [1.165, 1.54) is 17.8 Å². The average Bonchev–Trinajstić information content (AvgIpc) is 2.88. The van der Waals surface area contributed by atoms with Crippen molar-refractivity contribution in [1.29, 1.82) is 0 Å². The summed E-state index contributed by atoms with van der Waals surface area (Å²) in [5, 5.41) is -0.317. The van der Waals surface area contributed by atoms with Crippen LogP contribution in [0.15, 0.2) is 24.3 Å². The van der Waals surface area contributed by atoms with Gasteiger partial charge in [0.2, 0.25) is 11.8 Å². The highest BCUT2D eigenvalue weighted by Crippen LogP contribution is 2.39. The third-order valence-corrected chi connectivity index (χ3v) is 5.49. The molecule has 138 valence electrons. The number of hydrogen-bond donors (Lipinski definition) is 0. The van der Waals surface area contributed by atoms with Crippen LogP contribution in [0.4, 0.5) is 4.39 Å². The monoisotopic (exact) mass is 366 g/mol. The van der Waals surface area contributed by atoms with Crippen molar-refractivity contribution in [3.8, 4) is 0 Å². The van der Waals surface area contributed by atoms with E-state index in [4.69, 9.17) is 0 Å². The van der Waals surface area contributed by atoms with E-state index in [2.05, 4.69) is 0 Å². The Morgan fingerprint density at radius 2 is 2.00 bits per heavy atom. The van der Waals surface area contributed by atoms with Gasteiger partial charge in [-0.3, -0.25) is 9.59 Å². The van der Waals surface area contributed by atoms with Crippen molar-refractivity contribution < 1.29 is 14.0 Å². The van der Waals surface area contributed by atoms with Gasteiger partial charge < -0.3 is 9.80 Å². The zero-order chi connectivity index (χ0) is 18.6. The number of halogens is 1. The summed E-state index contributed by atoms with van der Waals surface area (Å²) in [7, 11) is 0. The fourth-order valence-electron chi connectivity index (χ4n) is 2.98. The van der Waals surface area contributed by atoms with Crippen LogP contribution in [0.25, 0.3) is 0 Å². The molecule has 2 rings (SSSR count). The number of benzene rings is 1. The molecular weight excluding hydrogens is 339 g/mol. The van der Waals surface area contributed by atoms with Crippen LogP contribution in [0.5, 0.6) is 0 Å². The van der Waals surface area contributed by atoms with Crippen LogP contribution < -0.4 is 0 Å². The molecular formula is C19H27FN2O2S. The van der Waals surface area contributed by atoms with E-state index in [1.807, 2.05) is 32.6 Å². The van der Waals surface area contributed by atoms with Gasteiger partial charge in [0.15, 0.2) is 0 Å². The lowest BCUT2D eigenvalue weighted by Crippen LogP contribution is -2.43. The van der Waals surface area contributed by atoms with Gasteiger partial charge in [-0.15, -0.1) is 11.8 Å². The molecule has 0 aliphatic carbocycles. The molecule has 1 saturated heterocycles. The van der Waals surface area contributed by atoms with Crippen LogP contribution in [-0.2, 0) is 9.59 Å². The van der Waals surface area contributed by atoms with E-state index in [0.717, 1.165) is 0 Å². The molecule has 6 heteroatoms. The molecule has 0 unspecified atom stereocenters. The number of hydrogen-bond acceptors (Lipinski definition) is 3. The van der Waals surface area contributed by atoms with Crippen molar-refractivity contribution in [2.24, 2.45) is 5.92 Å². The molecule has 1 atom stereocenters. The molecule has 4 nitrogen and oxygen atoms in total. The highest BCUT2D eigenvalue weighted by atomic mass is 32.2. The minimum Gasteiger partial charge on any atom is -0.338 e. The fraction of sp³-hybridized carbons (Fsp3) is 0.579. The fourth-order valence-corrected chi connectivity index (χ4v) is 4.22. The number of nitrogens with zero attached hydrogens (tertiary/aromatic N) is 2. The highest BCUT2D eigenvalue weighted by molar-refractivity contribution is 8.00. The van der Waals surface area contributed by atoms with E-state index in [0.29, 0.717) is 36.7 Å². The summed E-state index contributed by atoms with van der Waals surface area (Å²) in [6, 6.07) is 6.65. The molecule has 0 radical (unpaired) electrons. The summed E-state index contributed by atoms with van der Waals surface area (Å²) in [4.78, 5) is 28.2. The van der Waals surface area contributed by atoms with Crippen molar-refractivity contribution in [2.45, 2.75) is 45.5 Å². The first-order chi connectivity index (χ1) is 11.8. The molecule has 0 bridgehead atoms. The molecule has 2 amide bonds. The van der Waals surface area contributed by atoms with E-state index in [9.17, 15) is 14.0 Å². The Balaban J connectivity index is 2.09. The van der Waals surface area contributed by atoms with Crippen LogP contribution in [0.3, 0.4) is 0 Å². The maximum atomic E-state index is 14.1. The summed E-state index contributed by atoms with van der Waals surface area (Å²) in [5.74, 6) is 0.450. The van der Waals surface area contributed by atoms with Gasteiger partial charge in [-0.2, -0.15) is 0 Å². The third-order valence-electron chi connectivity index (χ3n) is 4.25. The van der Waals surface area contributed by atoms with Crippen molar-refractivity contribution in [1.82, 2.24) is 9.80 Å². The van der Waals surface area contributed by atoms with Crippen LogP contribution >= 0.6 is 11.8 Å². The molecule has 0 spiro atoms. The van der Waals surface area contributed by atoms with Gasteiger partial charge in [0.05, 0.1) is 5.75 Å². The van der Waals surface area contributed by atoms with Gasteiger partial charge in [-0.1, -0.05) is 32.0 Å². The predicted octanol–water partition coefficient (Wildman–Crippen LogP) is 3.68. The van der Waals surface area contributed by atoms with Gasteiger partial charge in [0.1, 0.15) is 11.2 Å². The number of rotatable bonds is 7. The van der Waals surface area contributed by atoms with Gasteiger partial charge in [-0.05, 0) is 25.8 Å². The Morgan fingerprint density at radius 3 is 2.60 bits per heavy atom. The molecule has 25 heavy (non-hydrogen) atoms. The largest absolute Gasteiger partial charge is 0.338 e. The number of carbonyl (C=O) groups excluding carboxylic acids is 2. The minimum absolute atomic E-state index is 0.00160. The number of thioether (sulfide) groups is 1. The van der Waals surface area contributed by atoms with E-state index >= 15 is 0 Å². The van der Waals surface area contributed by atoms with Gasteiger partial charge >= 0.3 is 0 Å². The van der Waals surface area contributed by atoms with Crippen LogP contribution in [0.1, 0.15) is 45.1 Å². The highest BCUT2D eigenvalue weighted by Gasteiger charge is 2.34. The average molecular weight is 367 g/mol. The Morgan fingerprint density at radius 1 is 1.32 bits per heavy atom. The Labute approximate surface area is 153 Å². The molecule has 0 aromatic heterocycles. The second-order valence-electron chi connectivity index (χ2n) is 7.05. The summed E-state index contributed by atoms with van der Waals surface area (Å²) in [6.45, 7) is 8.89. The maximum absolute atomic E-state index is 14.1. The molecule has 1 aliphatic rings. The zero-order valence-electron chi connectivity index (χ0n) is 15.4. The summed E-state index contributed by atoms with van der Waals surface area (Å²) in [6.07, 6.45) is 0.498. The van der Waals surface area contributed by atoms with Crippen LogP contribution in [0, 0.1) is 11.7 Å². The van der Waals surface area contributed by atoms with Crippen LogP contribution in [0.2, 0.25) is 0 Å². The van der Waals surface area contributed by atoms with Crippen LogP contribution in [-0.4, -0.2) is 46.5 Å². The van der Waals surface area contributed by atoms with E-state index in [1.54, 1.807) is 23.1 Å². The molecule has 1 aliphatic heterocycles. The molecule has 1 fully saturated rings. The maximum Gasteiger partial charge on any atom is 0.233 e. The Hall–Kier alpha value is -1.56. The second kappa shape index (κ2) is 8.70. The summed E-state index contributed by atoms with van der Waals surface area (Å²) < 4.78 is 14.1. The van der Waals surface area contributed by atoms with E-state index < -0.39 is 0 Å². The normalized spacial score (nSPS) is 17.6. The topological polar surface area (TPSA) is 40.6 Å². The van der Waals surface area contributed by atoms with E-state index in [-0.39, 0.29) is 29.0 Å². The SMILES string of the molecule is CC(C)CC(=O)N(CCN1C(=O)CS[C@H]1c1ccccc1F)C(C)C. The first-order valence-corrected chi connectivity index (χ1v) is 9.81. The molecule has 1 aromatic rings. The van der Waals surface area contributed by atoms with Crippen molar-refractivity contribution in [3.05, 3.63) is 35.6 Å². The lowest BCUT2D eigenvalue weighted by atomic mass is 10.1. The number of amides is 2. The van der Waals surface area contributed by atoms with Gasteiger partial charge in [0, 0.05) is 31.1 Å². The molecule has 0 N–H and O–H groups in total. The van der Waals surface area contributed by atoms with Crippen molar-refractivity contribution >= 4 is 23.6 Å². The molecule has 1 aromatic carbocycles. The zero-order valence-corrected chi connectivity index (χ0v) is 16.2.